The molecular formula is C14H15NO3. The molecular weight excluding hydrogens is 230 g/mol. The predicted octanol–water partition coefficient (Wildman–Crippen LogP) is 2.71. The van der Waals surface area contributed by atoms with Gasteiger partial charge in [0, 0.05) is 35.6 Å². The average Bonchev–Trinajstić information content (AvgIpc) is 2.68. The van der Waals surface area contributed by atoms with Crippen LogP contribution in [0.1, 0.15) is 30.1 Å². The van der Waals surface area contributed by atoms with Crippen LogP contribution in [0.25, 0.3) is 10.9 Å². The highest BCUT2D eigenvalue weighted by atomic mass is 16.4. The van der Waals surface area contributed by atoms with Gasteiger partial charge in [0.15, 0.2) is 5.78 Å². The van der Waals surface area contributed by atoms with Crippen LogP contribution in [0.4, 0.5) is 0 Å². The molecule has 1 aromatic carbocycles. The molecule has 18 heavy (non-hydrogen) atoms. The van der Waals surface area contributed by atoms with E-state index in [4.69, 9.17) is 5.11 Å². The number of benzene rings is 1. The molecule has 0 spiro atoms. The summed E-state index contributed by atoms with van der Waals surface area (Å²) >= 11 is 0. The number of aliphatic carboxylic acids is 1. The van der Waals surface area contributed by atoms with Crippen molar-refractivity contribution in [3.63, 3.8) is 0 Å². The molecule has 0 aliphatic heterocycles. The molecule has 0 aliphatic rings. The predicted molar refractivity (Wildman–Crippen MR) is 68.8 cm³/mol. The van der Waals surface area contributed by atoms with E-state index in [0.29, 0.717) is 18.5 Å². The van der Waals surface area contributed by atoms with Gasteiger partial charge in [0.2, 0.25) is 0 Å². The molecule has 0 radical (unpaired) electrons. The SMILES string of the molecule is CC(=O)c1cn(CCCC(=O)O)c2ccccc12. The first-order valence-electron chi connectivity index (χ1n) is 5.90. The van der Waals surface area contributed by atoms with Crippen LogP contribution in [0.15, 0.2) is 30.5 Å². The summed E-state index contributed by atoms with van der Waals surface area (Å²) in [4.78, 5) is 22.1. The Labute approximate surface area is 105 Å². The van der Waals surface area contributed by atoms with Crippen molar-refractivity contribution >= 4 is 22.7 Å². The van der Waals surface area contributed by atoms with Crippen LogP contribution in [0.3, 0.4) is 0 Å². The Morgan fingerprint density at radius 2 is 2.00 bits per heavy atom. The first-order chi connectivity index (χ1) is 8.59. The number of Topliss-reactive ketones (excluding diaryl/α,β-unsaturated/α-hetero) is 1. The van der Waals surface area contributed by atoms with E-state index in [-0.39, 0.29) is 12.2 Å². The van der Waals surface area contributed by atoms with Crippen molar-refractivity contribution in [2.75, 3.05) is 0 Å². The molecule has 94 valence electrons. The van der Waals surface area contributed by atoms with E-state index < -0.39 is 5.97 Å². The molecule has 1 aromatic heterocycles. The third kappa shape index (κ3) is 2.42. The fourth-order valence-electron chi connectivity index (χ4n) is 2.11. The second-order valence-electron chi connectivity index (χ2n) is 4.31. The van der Waals surface area contributed by atoms with Gasteiger partial charge in [-0.3, -0.25) is 9.59 Å². The van der Waals surface area contributed by atoms with E-state index in [1.54, 1.807) is 6.92 Å². The van der Waals surface area contributed by atoms with E-state index in [2.05, 4.69) is 0 Å². The Morgan fingerprint density at radius 3 is 2.67 bits per heavy atom. The number of ketones is 1. The lowest BCUT2D eigenvalue weighted by molar-refractivity contribution is -0.137. The average molecular weight is 245 g/mol. The van der Waals surface area contributed by atoms with E-state index in [1.807, 2.05) is 35.0 Å². The highest BCUT2D eigenvalue weighted by Gasteiger charge is 2.11. The van der Waals surface area contributed by atoms with Crippen molar-refractivity contribution < 1.29 is 14.7 Å². The van der Waals surface area contributed by atoms with Gasteiger partial charge in [-0.1, -0.05) is 18.2 Å². The normalized spacial score (nSPS) is 10.7. The van der Waals surface area contributed by atoms with Crippen LogP contribution in [0, 0.1) is 0 Å². The first kappa shape index (κ1) is 12.4. The molecule has 4 heteroatoms. The smallest absolute Gasteiger partial charge is 0.303 e. The van der Waals surface area contributed by atoms with Crippen molar-refractivity contribution in [2.24, 2.45) is 0 Å². The van der Waals surface area contributed by atoms with Crippen LogP contribution in [0.2, 0.25) is 0 Å². The zero-order valence-electron chi connectivity index (χ0n) is 10.2. The summed E-state index contributed by atoms with van der Waals surface area (Å²) in [6.45, 7) is 2.16. The minimum Gasteiger partial charge on any atom is -0.481 e. The zero-order chi connectivity index (χ0) is 13.1. The lowest BCUT2D eigenvalue weighted by Crippen LogP contribution is -2.01. The lowest BCUT2D eigenvalue weighted by Gasteiger charge is -2.03. The van der Waals surface area contributed by atoms with Gasteiger partial charge >= 0.3 is 5.97 Å². The second-order valence-corrected chi connectivity index (χ2v) is 4.31. The molecule has 0 fully saturated rings. The topological polar surface area (TPSA) is 59.3 Å². The number of rotatable bonds is 5. The molecule has 2 rings (SSSR count). The molecule has 2 aromatic rings. The summed E-state index contributed by atoms with van der Waals surface area (Å²) in [5.41, 5.74) is 1.68. The van der Waals surface area contributed by atoms with Gasteiger partial charge < -0.3 is 9.67 Å². The standard InChI is InChI=1S/C14H15NO3/c1-10(16)12-9-15(8-4-7-14(17)18)13-6-3-2-5-11(12)13/h2-3,5-6,9H,4,7-8H2,1H3,(H,17,18). The number of carbonyl (C=O) groups is 2. The number of fused-ring (bicyclic) bond motifs is 1. The maximum absolute atomic E-state index is 11.5. The van der Waals surface area contributed by atoms with Crippen molar-refractivity contribution in [3.8, 4) is 0 Å². The van der Waals surface area contributed by atoms with E-state index >= 15 is 0 Å². The van der Waals surface area contributed by atoms with Gasteiger partial charge in [-0.15, -0.1) is 0 Å². The molecule has 0 aliphatic carbocycles. The monoisotopic (exact) mass is 245 g/mol. The van der Waals surface area contributed by atoms with Gasteiger partial charge in [0.25, 0.3) is 0 Å². The van der Waals surface area contributed by atoms with E-state index in [0.717, 1.165) is 10.9 Å². The zero-order valence-corrected chi connectivity index (χ0v) is 10.2. The third-order valence-corrected chi connectivity index (χ3v) is 2.96. The molecule has 0 saturated carbocycles. The number of carboxylic acids is 1. The molecule has 0 saturated heterocycles. The minimum absolute atomic E-state index is 0.0307. The van der Waals surface area contributed by atoms with Crippen molar-refractivity contribution in [1.29, 1.82) is 0 Å². The number of para-hydroxylation sites is 1. The number of aromatic nitrogens is 1. The molecule has 4 nitrogen and oxygen atoms in total. The number of carboxylic acid groups (broad SMARTS) is 1. The quantitative estimate of drug-likeness (QED) is 0.824. The minimum atomic E-state index is -0.793. The maximum atomic E-state index is 11.5. The Balaban J connectivity index is 2.33. The van der Waals surface area contributed by atoms with Crippen LogP contribution < -0.4 is 0 Å². The number of nitrogens with zero attached hydrogens (tertiary/aromatic N) is 1. The van der Waals surface area contributed by atoms with Crippen LogP contribution in [-0.4, -0.2) is 21.4 Å². The number of hydrogen-bond donors (Lipinski definition) is 1. The van der Waals surface area contributed by atoms with E-state index in [1.165, 1.54) is 0 Å². The van der Waals surface area contributed by atoms with Crippen molar-refractivity contribution in [3.05, 3.63) is 36.0 Å². The van der Waals surface area contributed by atoms with Crippen LogP contribution in [0.5, 0.6) is 0 Å². The molecule has 1 N–H and O–H groups in total. The Morgan fingerprint density at radius 1 is 1.28 bits per heavy atom. The summed E-state index contributed by atoms with van der Waals surface area (Å²) in [6, 6.07) is 7.68. The molecule has 0 unspecified atom stereocenters. The van der Waals surface area contributed by atoms with Crippen molar-refractivity contribution in [1.82, 2.24) is 4.57 Å². The van der Waals surface area contributed by atoms with Gasteiger partial charge in [0.05, 0.1) is 0 Å². The Kier molecular flexibility index (Phi) is 3.46. The number of hydrogen-bond acceptors (Lipinski definition) is 2. The Hall–Kier alpha value is -2.10. The number of carbonyl (C=O) groups excluding carboxylic acids is 1. The highest BCUT2D eigenvalue weighted by Crippen LogP contribution is 2.22. The lowest BCUT2D eigenvalue weighted by atomic mass is 10.1. The van der Waals surface area contributed by atoms with Gasteiger partial charge in [-0.2, -0.15) is 0 Å². The van der Waals surface area contributed by atoms with Crippen LogP contribution in [-0.2, 0) is 11.3 Å². The fraction of sp³-hybridized carbons (Fsp3) is 0.286. The molecule has 0 bridgehead atoms. The largest absolute Gasteiger partial charge is 0.481 e. The molecule has 1 heterocycles. The van der Waals surface area contributed by atoms with Gasteiger partial charge in [-0.05, 0) is 19.4 Å². The first-order valence-corrected chi connectivity index (χ1v) is 5.90. The molecule has 0 amide bonds. The summed E-state index contributed by atoms with van der Waals surface area (Å²) in [5.74, 6) is -0.763. The Bertz CT molecular complexity index is 598. The van der Waals surface area contributed by atoms with Crippen molar-refractivity contribution in [2.45, 2.75) is 26.3 Å². The summed E-state index contributed by atoms with van der Waals surface area (Å²) in [7, 11) is 0. The maximum Gasteiger partial charge on any atom is 0.303 e. The van der Waals surface area contributed by atoms with Gasteiger partial charge in [-0.25, -0.2) is 0 Å². The summed E-state index contributed by atoms with van der Waals surface area (Å²) in [5, 5.41) is 9.57. The summed E-state index contributed by atoms with van der Waals surface area (Å²) < 4.78 is 1.95. The van der Waals surface area contributed by atoms with Crippen LogP contribution >= 0.6 is 0 Å². The second kappa shape index (κ2) is 5.04. The summed E-state index contributed by atoms with van der Waals surface area (Å²) in [6.07, 6.45) is 2.52. The number of aryl methyl sites for hydroxylation is 1. The van der Waals surface area contributed by atoms with Gasteiger partial charge in [0.1, 0.15) is 0 Å². The third-order valence-electron chi connectivity index (χ3n) is 2.96. The van der Waals surface area contributed by atoms with E-state index in [9.17, 15) is 9.59 Å². The molecule has 0 atom stereocenters. The fourth-order valence-corrected chi connectivity index (χ4v) is 2.11. The highest BCUT2D eigenvalue weighted by molar-refractivity contribution is 6.06.